The Bertz CT molecular complexity index is 1330. The van der Waals surface area contributed by atoms with Gasteiger partial charge in [0.1, 0.15) is 0 Å². The third-order valence-corrected chi connectivity index (χ3v) is 8.10. The molecule has 182 valence electrons. The summed E-state index contributed by atoms with van der Waals surface area (Å²) in [4.78, 5) is 26.1. The summed E-state index contributed by atoms with van der Waals surface area (Å²) in [5.41, 5.74) is 3.49. The van der Waals surface area contributed by atoms with Crippen LogP contribution in [-0.4, -0.2) is 37.6 Å². The molecule has 1 saturated heterocycles. The van der Waals surface area contributed by atoms with Crippen molar-refractivity contribution in [1.29, 1.82) is 0 Å². The first-order chi connectivity index (χ1) is 16.7. The quantitative estimate of drug-likeness (QED) is 0.527. The molecule has 4 rings (SSSR count). The maximum absolute atomic E-state index is 13.0. The highest BCUT2D eigenvalue weighted by molar-refractivity contribution is 7.89. The first-order valence-electron chi connectivity index (χ1n) is 11.6. The summed E-state index contributed by atoms with van der Waals surface area (Å²) in [6, 6.07) is 21.1. The van der Waals surface area contributed by atoms with E-state index in [9.17, 15) is 18.0 Å². The van der Waals surface area contributed by atoms with Crippen LogP contribution in [0.15, 0.2) is 77.7 Å². The molecule has 0 aromatic heterocycles. The molecule has 1 fully saturated rings. The van der Waals surface area contributed by atoms with Crippen molar-refractivity contribution < 1.29 is 18.0 Å². The van der Waals surface area contributed by atoms with Gasteiger partial charge in [-0.1, -0.05) is 42.0 Å². The number of hydrogen-bond acceptors (Lipinski definition) is 4. The molecule has 35 heavy (non-hydrogen) atoms. The van der Waals surface area contributed by atoms with Crippen LogP contribution in [0.2, 0.25) is 0 Å². The van der Waals surface area contributed by atoms with Crippen molar-refractivity contribution in [3.8, 4) is 0 Å². The van der Waals surface area contributed by atoms with E-state index >= 15 is 0 Å². The average molecular weight is 492 g/mol. The van der Waals surface area contributed by atoms with Gasteiger partial charge in [0.15, 0.2) is 0 Å². The summed E-state index contributed by atoms with van der Waals surface area (Å²) < 4.78 is 27.3. The summed E-state index contributed by atoms with van der Waals surface area (Å²) in [6.07, 6.45) is 0.823. The van der Waals surface area contributed by atoms with E-state index in [1.54, 1.807) is 48.5 Å². The van der Waals surface area contributed by atoms with Crippen LogP contribution in [-0.2, 0) is 14.8 Å². The lowest BCUT2D eigenvalue weighted by Gasteiger charge is -2.30. The van der Waals surface area contributed by atoms with Gasteiger partial charge in [0, 0.05) is 24.7 Å². The zero-order valence-corrected chi connectivity index (χ0v) is 20.6. The number of carbonyl (C=O) groups excluding carboxylic acids is 2. The van der Waals surface area contributed by atoms with Crippen LogP contribution < -0.4 is 10.6 Å². The van der Waals surface area contributed by atoms with Crippen molar-refractivity contribution in [2.75, 3.05) is 23.7 Å². The number of hydrogen-bond donors (Lipinski definition) is 2. The van der Waals surface area contributed by atoms with Gasteiger partial charge >= 0.3 is 0 Å². The standard InChI is InChI=1S/C27H29N3O4S/c1-19-10-12-23(13-11-19)35(33,34)30-16-14-21(15-17-30)26(31)29-25-9-4-3-8-24(25)27(32)28-22-7-5-6-20(2)18-22/h3-13,18,21H,14-17H2,1-2H3,(H,28,32)(H,29,31). The minimum Gasteiger partial charge on any atom is -0.325 e. The van der Waals surface area contributed by atoms with Crippen molar-refractivity contribution in [2.24, 2.45) is 5.92 Å². The van der Waals surface area contributed by atoms with Crippen LogP contribution in [0.1, 0.15) is 34.3 Å². The van der Waals surface area contributed by atoms with Gasteiger partial charge in [0.2, 0.25) is 15.9 Å². The van der Waals surface area contributed by atoms with E-state index in [0.717, 1.165) is 11.1 Å². The fraction of sp³-hybridized carbons (Fsp3) is 0.259. The highest BCUT2D eigenvalue weighted by Crippen LogP contribution is 2.26. The summed E-state index contributed by atoms with van der Waals surface area (Å²) in [6.45, 7) is 4.39. The minimum atomic E-state index is -3.59. The molecule has 1 heterocycles. The van der Waals surface area contributed by atoms with Crippen molar-refractivity contribution in [3.05, 3.63) is 89.5 Å². The second-order valence-electron chi connectivity index (χ2n) is 8.85. The maximum Gasteiger partial charge on any atom is 0.257 e. The Morgan fingerprint density at radius 1 is 0.829 bits per heavy atom. The molecule has 2 N–H and O–H groups in total. The number of piperidine rings is 1. The highest BCUT2D eigenvalue weighted by atomic mass is 32.2. The second-order valence-corrected chi connectivity index (χ2v) is 10.8. The summed E-state index contributed by atoms with van der Waals surface area (Å²) in [5, 5.41) is 5.75. The Morgan fingerprint density at radius 3 is 2.20 bits per heavy atom. The Kier molecular flexibility index (Phi) is 7.33. The number of nitrogens with one attached hydrogen (secondary N) is 2. The van der Waals surface area contributed by atoms with Crippen LogP contribution in [0.4, 0.5) is 11.4 Å². The molecule has 0 saturated carbocycles. The maximum atomic E-state index is 13.0. The van der Waals surface area contributed by atoms with E-state index in [1.165, 1.54) is 4.31 Å². The van der Waals surface area contributed by atoms with E-state index < -0.39 is 10.0 Å². The number of nitrogens with zero attached hydrogens (tertiary/aromatic N) is 1. The van der Waals surface area contributed by atoms with Gasteiger partial charge in [-0.2, -0.15) is 4.31 Å². The second kappa shape index (κ2) is 10.4. The molecule has 2 amide bonds. The van der Waals surface area contributed by atoms with E-state index in [0.29, 0.717) is 29.8 Å². The van der Waals surface area contributed by atoms with Gasteiger partial charge in [-0.3, -0.25) is 9.59 Å². The number of carbonyl (C=O) groups is 2. The first kappa shape index (κ1) is 24.6. The van der Waals surface area contributed by atoms with Gasteiger partial charge in [0.25, 0.3) is 5.91 Å². The fourth-order valence-corrected chi connectivity index (χ4v) is 5.63. The van der Waals surface area contributed by atoms with Crippen LogP contribution in [0.25, 0.3) is 0 Å². The molecule has 7 nitrogen and oxygen atoms in total. The number of para-hydroxylation sites is 1. The molecule has 3 aromatic carbocycles. The van der Waals surface area contributed by atoms with Gasteiger partial charge < -0.3 is 10.6 Å². The molecule has 1 aliphatic rings. The molecule has 3 aromatic rings. The predicted molar refractivity (Wildman–Crippen MR) is 137 cm³/mol. The predicted octanol–water partition coefficient (Wildman–Crippen LogP) is 4.60. The third kappa shape index (κ3) is 5.78. The Balaban J connectivity index is 1.39. The average Bonchev–Trinajstić information content (AvgIpc) is 2.84. The van der Waals surface area contributed by atoms with E-state index in [2.05, 4.69) is 10.6 Å². The summed E-state index contributed by atoms with van der Waals surface area (Å²) in [7, 11) is -3.59. The summed E-state index contributed by atoms with van der Waals surface area (Å²) in [5.74, 6) is -0.869. The number of benzene rings is 3. The molecular weight excluding hydrogens is 462 g/mol. The van der Waals surface area contributed by atoms with Crippen molar-refractivity contribution >= 4 is 33.2 Å². The van der Waals surface area contributed by atoms with Crippen molar-refractivity contribution in [1.82, 2.24) is 4.31 Å². The van der Waals surface area contributed by atoms with Gasteiger partial charge in [-0.15, -0.1) is 0 Å². The number of anilines is 2. The zero-order valence-electron chi connectivity index (χ0n) is 19.8. The number of rotatable bonds is 6. The number of aryl methyl sites for hydroxylation is 2. The Labute approximate surface area is 206 Å². The fourth-order valence-electron chi connectivity index (χ4n) is 4.16. The molecule has 8 heteroatoms. The highest BCUT2D eigenvalue weighted by Gasteiger charge is 2.32. The molecule has 0 atom stereocenters. The molecule has 0 radical (unpaired) electrons. The number of sulfonamides is 1. The van der Waals surface area contributed by atoms with Crippen LogP contribution in [0.5, 0.6) is 0 Å². The lowest BCUT2D eigenvalue weighted by atomic mass is 9.97. The number of amides is 2. The lowest BCUT2D eigenvalue weighted by Crippen LogP contribution is -2.41. The Morgan fingerprint density at radius 2 is 1.51 bits per heavy atom. The SMILES string of the molecule is Cc1ccc(S(=O)(=O)N2CCC(C(=O)Nc3ccccc3C(=O)Nc3cccc(C)c3)CC2)cc1. The van der Waals surface area contributed by atoms with E-state index in [-0.39, 0.29) is 35.7 Å². The van der Waals surface area contributed by atoms with Gasteiger partial charge in [0.05, 0.1) is 16.1 Å². The minimum absolute atomic E-state index is 0.215. The monoisotopic (exact) mass is 491 g/mol. The Hall–Kier alpha value is -3.49. The zero-order chi connectivity index (χ0) is 25.0. The first-order valence-corrected chi connectivity index (χ1v) is 13.0. The third-order valence-electron chi connectivity index (χ3n) is 6.19. The molecule has 0 aliphatic carbocycles. The largest absolute Gasteiger partial charge is 0.325 e. The van der Waals surface area contributed by atoms with Crippen molar-refractivity contribution in [3.63, 3.8) is 0 Å². The molecular formula is C27H29N3O4S. The molecule has 0 bridgehead atoms. The molecule has 1 aliphatic heterocycles. The van der Waals surface area contributed by atoms with Gasteiger partial charge in [-0.25, -0.2) is 8.42 Å². The van der Waals surface area contributed by atoms with Gasteiger partial charge in [-0.05, 0) is 68.7 Å². The van der Waals surface area contributed by atoms with E-state index in [4.69, 9.17) is 0 Å². The molecule has 0 spiro atoms. The van der Waals surface area contributed by atoms with Crippen LogP contribution in [0.3, 0.4) is 0 Å². The van der Waals surface area contributed by atoms with Crippen LogP contribution in [0, 0.1) is 19.8 Å². The topological polar surface area (TPSA) is 95.6 Å². The van der Waals surface area contributed by atoms with Crippen molar-refractivity contribution in [2.45, 2.75) is 31.6 Å². The lowest BCUT2D eigenvalue weighted by molar-refractivity contribution is -0.120. The van der Waals surface area contributed by atoms with Crippen LogP contribution >= 0.6 is 0 Å². The normalized spacial score (nSPS) is 14.9. The summed E-state index contributed by atoms with van der Waals surface area (Å²) >= 11 is 0. The smallest absolute Gasteiger partial charge is 0.257 e. The van der Waals surface area contributed by atoms with E-state index in [1.807, 2.05) is 38.1 Å². The molecule has 0 unspecified atom stereocenters.